The van der Waals surface area contributed by atoms with E-state index in [-0.39, 0.29) is 50.5 Å². The van der Waals surface area contributed by atoms with Gasteiger partial charge in [-0.2, -0.15) is 10.4 Å². The van der Waals surface area contributed by atoms with E-state index in [4.69, 9.17) is 33.2 Å². The Hall–Kier alpha value is -2.41. The smallest absolute Gasteiger partial charge is 0.224 e. The third-order valence-corrected chi connectivity index (χ3v) is 6.89. The van der Waals surface area contributed by atoms with Gasteiger partial charge in [0.25, 0.3) is 0 Å². The molecule has 0 unspecified atom stereocenters. The third kappa shape index (κ3) is 5.14. The highest BCUT2D eigenvalue weighted by Gasteiger charge is 2.31. The van der Waals surface area contributed by atoms with Gasteiger partial charge in [-0.05, 0) is 49.7 Å². The van der Waals surface area contributed by atoms with E-state index in [1.807, 2.05) is 0 Å². The van der Waals surface area contributed by atoms with Gasteiger partial charge in [0.15, 0.2) is 5.03 Å². The number of aliphatic hydroxyl groups excluding tert-OH is 1. The van der Waals surface area contributed by atoms with Crippen LogP contribution in [0.25, 0.3) is 0 Å². The fraction of sp³-hybridized carbons (Fsp3) is 0.273. The first-order valence-electron chi connectivity index (χ1n) is 9.66. The maximum atomic E-state index is 13.6. The number of hydrogen-bond donors (Lipinski definition) is 1. The summed E-state index contributed by atoms with van der Waals surface area (Å²) in [6, 6.07) is 12.8. The van der Waals surface area contributed by atoms with E-state index >= 15 is 0 Å². The number of nitrogens with zero attached hydrogens (tertiary/aromatic N) is 3. The van der Waals surface area contributed by atoms with Crippen LogP contribution in [0.15, 0.2) is 52.4 Å². The van der Waals surface area contributed by atoms with E-state index < -0.39 is 16.4 Å². The Morgan fingerprint density at radius 1 is 1.16 bits per heavy atom. The molecule has 0 radical (unpaired) electrons. The maximum absolute atomic E-state index is 13.6. The van der Waals surface area contributed by atoms with E-state index in [0.717, 1.165) is 5.56 Å². The number of sulfone groups is 1. The average Bonchev–Trinajstić information content (AvgIpc) is 3.13. The molecule has 168 valence electrons. The maximum Gasteiger partial charge on any atom is 0.224 e. The molecule has 0 aliphatic heterocycles. The summed E-state index contributed by atoms with van der Waals surface area (Å²) < 4.78 is 34.3. The van der Waals surface area contributed by atoms with Crippen LogP contribution in [0.4, 0.5) is 0 Å². The minimum atomic E-state index is -4.09. The fourth-order valence-electron chi connectivity index (χ4n) is 3.20. The molecule has 32 heavy (non-hydrogen) atoms. The summed E-state index contributed by atoms with van der Waals surface area (Å²) in [5.74, 6) is 0. The molecule has 0 spiro atoms. The molecule has 10 heteroatoms. The highest BCUT2D eigenvalue weighted by atomic mass is 35.5. The summed E-state index contributed by atoms with van der Waals surface area (Å²) in [4.78, 5) is -0.0794. The summed E-state index contributed by atoms with van der Waals surface area (Å²) in [7, 11) is -4.09. The lowest BCUT2D eigenvalue weighted by Gasteiger charge is -2.14. The van der Waals surface area contributed by atoms with E-state index in [0.29, 0.717) is 5.56 Å². The van der Waals surface area contributed by atoms with Crippen molar-refractivity contribution < 1.29 is 18.3 Å². The largest absolute Gasteiger partial charge is 0.390 e. The lowest BCUT2D eigenvalue weighted by molar-refractivity contribution is 0.103. The topological polar surface area (TPSA) is 105 Å². The Morgan fingerprint density at radius 3 is 2.44 bits per heavy atom. The number of aromatic nitrogens is 2. The lowest BCUT2D eigenvalue weighted by atomic mass is 10.1. The summed E-state index contributed by atoms with van der Waals surface area (Å²) in [6.07, 6.45) is 0. The van der Waals surface area contributed by atoms with Crippen molar-refractivity contribution in [1.82, 2.24) is 9.78 Å². The van der Waals surface area contributed by atoms with Gasteiger partial charge >= 0.3 is 0 Å². The predicted molar refractivity (Wildman–Crippen MR) is 120 cm³/mol. The van der Waals surface area contributed by atoms with Gasteiger partial charge in [0.05, 0.1) is 42.0 Å². The molecule has 3 rings (SSSR count). The standard InChI is InChI=1S/C22H21Cl2N3O4S/c1-14(2)27-22(32(29,30)19-8-17(23)7-18(24)9-19)20(21(11-28)26-27)13-31-12-16-5-3-4-15(6-16)10-25/h3-9,14,28H,11-13H2,1-2H3. The zero-order chi connectivity index (χ0) is 23.5. The van der Waals surface area contributed by atoms with Crippen LogP contribution in [-0.2, 0) is 34.4 Å². The second-order valence-corrected chi connectivity index (χ2v) is 10.1. The number of nitriles is 1. The lowest BCUT2D eigenvalue weighted by Crippen LogP contribution is -2.15. The molecule has 0 atom stereocenters. The second-order valence-electron chi connectivity index (χ2n) is 7.34. The van der Waals surface area contributed by atoms with Gasteiger partial charge < -0.3 is 9.84 Å². The minimum absolute atomic E-state index is 0.0794. The number of ether oxygens (including phenoxy) is 1. The van der Waals surface area contributed by atoms with Gasteiger partial charge in [0, 0.05) is 21.7 Å². The molecule has 1 heterocycles. The molecule has 0 aliphatic rings. The van der Waals surface area contributed by atoms with Crippen molar-refractivity contribution >= 4 is 33.0 Å². The van der Waals surface area contributed by atoms with Gasteiger partial charge in [0.1, 0.15) is 0 Å². The second kappa shape index (κ2) is 10.0. The molecule has 2 aromatic carbocycles. The first-order chi connectivity index (χ1) is 15.2. The monoisotopic (exact) mass is 493 g/mol. The van der Waals surface area contributed by atoms with Crippen molar-refractivity contribution in [3.63, 3.8) is 0 Å². The van der Waals surface area contributed by atoms with Crippen molar-refractivity contribution in [2.75, 3.05) is 0 Å². The van der Waals surface area contributed by atoms with Crippen LogP contribution in [0, 0.1) is 11.3 Å². The molecule has 1 aromatic heterocycles. The molecule has 0 saturated carbocycles. The number of rotatable bonds is 8. The Bertz CT molecular complexity index is 1260. The minimum Gasteiger partial charge on any atom is -0.390 e. The van der Waals surface area contributed by atoms with Crippen LogP contribution in [0.3, 0.4) is 0 Å². The summed E-state index contributed by atoms with van der Waals surface area (Å²) >= 11 is 12.1. The van der Waals surface area contributed by atoms with Crippen molar-refractivity contribution in [3.8, 4) is 6.07 Å². The van der Waals surface area contributed by atoms with Crippen LogP contribution < -0.4 is 0 Å². The summed E-state index contributed by atoms with van der Waals surface area (Å²) in [6.45, 7) is 3.16. The Kier molecular flexibility index (Phi) is 7.59. The van der Waals surface area contributed by atoms with E-state index in [1.165, 1.54) is 22.9 Å². The Labute approximate surface area is 196 Å². The van der Waals surface area contributed by atoms with Gasteiger partial charge in [-0.25, -0.2) is 8.42 Å². The van der Waals surface area contributed by atoms with E-state index in [9.17, 15) is 13.5 Å². The molecule has 0 fully saturated rings. The van der Waals surface area contributed by atoms with Crippen LogP contribution in [-0.4, -0.2) is 23.3 Å². The molecule has 0 amide bonds. The zero-order valence-electron chi connectivity index (χ0n) is 17.4. The number of halogens is 2. The third-order valence-electron chi connectivity index (χ3n) is 4.65. The van der Waals surface area contributed by atoms with Crippen LogP contribution in [0.5, 0.6) is 0 Å². The van der Waals surface area contributed by atoms with Crippen LogP contribution >= 0.6 is 23.2 Å². The molecule has 1 N–H and O–H groups in total. The predicted octanol–water partition coefficient (Wildman–Crippen LogP) is 4.68. The zero-order valence-corrected chi connectivity index (χ0v) is 19.7. The molecule has 3 aromatic rings. The average molecular weight is 494 g/mol. The highest BCUT2D eigenvalue weighted by molar-refractivity contribution is 7.91. The van der Waals surface area contributed by atoms with E-state index in [1.54, 1.807) is 38.1 Å². The number of benzene rings is 2. The molecule has 0 aliphatic carbocycles. The first kappa shape index (κ1) is 24.2. The van der Waals surface area contributed by atoms with Crippen molar-refractivity contribution in [2.45, 2.75) is 49.6 Å². The fourth-order valence-corrected chi connectivity index (χ4v) is 5.64. The van der Waals surface area contributed by atoms with Gasteiger partial charge in [-0.1, -0.05) is 35.3 Å². The molecule has 0 bridgehead atoms. The summed E-state index contributed by atoms with van der Waals surface area (Å²) in [5.41, 5.74) is 1.72. The molecular formula is C22H21Cl2N3O4S. The molecule has 0 saturated heterocycles. The number of aliphatic hydroxyl groups is 1. The first-order valence-corrected chi connectivity index (χ1v) is 11.9. The molecular weight excluding hydrogens is 473 g/mol. The summed E-state index contributed by atoms with van der Waals surface area (Å²) in [5, 5.41) is 23.5. The number of hydrogen-bond acceptors (Lipinski definition) is 6. The van der Waals surface area contributed by atoms with Gasteiger partial charge in [0.2, 0.25) is 9.84 Å². The quantitative estimate of drug-likeness (QED) is 0.488. The van der Waals surface area contributed by atoms with Gasteiger partial charge in [-0.15, -0.1) is 0 Å². The van der Waals surface area contributed by atoms with Crippen molar-refractivity contribution in [2.24, 2.45) is 0 Å². The SMILES string of the molecule is CC(C)n1nc(CO)c(COCc2cccc(C#N)c2)c1S(=O)(=O)c1cc(Cl)cc(Cl)c1. The van der Waals surface area contributed by atoms with Crippen LogP contribution in [0.2, 0.25) is 10.0 Å². The normalized spacial score (nSPS) is 11.7. The van der Waals surface area contributed by atoms with Crippen molar-refractivity contribution in [1.29, 1.82) is 5.26 Å². The Balaban J connectivity index is 2.03. The van der Waals surface area contributed by atoms with Gasteiger partial charge in [-0.3, -0.25) is 4.68 Å². The van der Waals surface area contributed by atoms with Crippen molar-refractivity contribution in [3.05, 3.63) is 74.9 Å². The molecule has 7 nitrogen and oxygen atoms in total. The Morgan fingerprint density at radius 2 is 1.84 bits per heavy atom. The van der Waals surface area contributed by atoms with Crippen LogP contribution in [0.1, 0.15) is 42.3 Å². The van der Waals surface area contributed by atoms with E-state index in [2.05, 4.69) is 11.2 Å². The highest BCUT2D eigenvalue weighted by Crippen LogP contribution is 2.32.